The van der Waals surface area contributed by atoms with Crippen LogP contribution in [-0.4, -0.2) is 27.3 Å². The molecule has 1 aromatic rings. The van der Waals surface area contributed by atoms with Crippen molar-refractivity contribution in [1.82, 2.24) is 9.78 Å². The molecule has 5 nitrogen and oxygen atoms in total. The summed E-state index contributed by atoms with van der Waals surface area (Å²) in [5, 5.41) is 13.8. The highest BCUT2D eigenvalue weighted by Gasteiger charge is 2.54. The summed E-state index contributed by atoms with van der Waals surface area (Å²) in [7, 11) is 0. The van der Waals surface area contributed by atoms with E-state index >= 15 is 0 Å². The van der Waals surface area contributed by atoms with E-state index < -0.39 is 10.8 Å². The molecule has 0 saturated heterocycles. The summed E-state index contributed by atoms with van der Waals surface area (Å²) >= 11 is 0. The Bertz CT molecular complexity index is 708. The van der Waals surface area contributed by atoms with Crippen LogP contribution in [0.2, 0.25) is 0 Å². The molecular weight excluding hydrogens is 278 g/mol. The Kier molecular flexibility index (Phi) is 3.26. The first-order valence-electron chi connectivity index (χ1n) is 7.67. The zero-order chi connectivity index (χ0) is 16.1. The summed E-state index contributed by atoms with van der Waals surface area (Å²) in [4.78, 5) is 16.0. The maximum absolute atomic E-state index is 12.6. The number of aliphatic hydroxyl groups excluding tert-OH is 1. The number of carbonyl (C=O) groups is 1. The third kappa shape index (κ3) is 1.87. The topological polar surface area (TPSA) is 59.5 Å². The average molecular weight is 299 g/mol. The van der Waals surface area contributed by atoms with E-state index in [4.69, 9.17) is 11.7 Å². The molecule has 3 rings (SSSR count). The predicted octanol–water partition coefficient (Wildman–Crippen LogP) is 2.11. The van der Waals surface area contributed by atoms with Crippen molar-refractivity contribution in [3.05, 3.63) is 40.6 Å². The van der Waals surface area contributed by atoms with Crippen molar-refractivity contribution in [2.24, 2.45) is 11.3 Å². The van der Waals surface area contributed by atoms with Gasteiger partial charge in [0.25, 0.3) is 0 Å². The molecule has 1 aromatic heterocycles. The smallest absolute Gasteiger partial charge is 0.226 e. The lowest BCUT2D eigenvalue weighted by Crippen LogP contribution is -2.50. The number of rotatable bonds is 2. The van der Waals surface area contributed by atoms with Crippen molar-refractivity contribution >= 4 is 5.78 Å². The number of ketones is 1. The highest BCUT2D eigenvalue weighted by Crippen LogP contribution is 2.54. The van der Waals surface area contributed by atoms with Crippen molar-refractivity contribution in [2.75, 3.05) is 6.61 Å². The molecule has 0 saturated carbocycles. The quantitative estimate of drug-likeness (QED) is 0.851. The highest BCUT2D eigenvalue weighted by molar-refractivity contribution is 6.02. The Hall–Kier alpha value is -1.93. The van der Waals surface area contributed by atoms with Gasteiger partial charge in [0.1, 0.15) is 0 Å². The SMILES string of the molecule is [C-]#[N+]C1=C[C@]2(C)c3nn(CCO)cc3CC[C@H]2C(C)(C)C1=O. The van der Waals surface area contributed by atoms with Gasteiger partial charge in [0.2, 0.25) is 5.70 Å². The minimum Gasteiger partial charge on any atom is -0.394 e. The number of fused-ring (bicyclic) bond motifs is 3. The largest absolute Gasteiger partial charge is 0.394 e. The van der Waals surface area contributed by atoms with E-state index in [2.05, 4.69) is 16.9 Å². The lowest BCUT2D eigenvalue weighted by atomic mass is 9.53. The number of hydrogen-bond acceptors (Lipinski definition) is 3. The van der Waals surface area contributed by atoms with E-state index in [0.29, 0.717) is 6.54 Å². The van der Waals surface area contributed by atoms with E-state index in [0.717, 1.165) is 24.1 Å². The molecule has 0 fully saturated rings. The number of Topliss-reactive ketones (excluding diaryl/α,β-unsaturated/α-hetero) is 1. The maximum atomic E-state index is 12.6. The molecule has 0 spiro atoms. The van der Waals surface area contributed by atoms with Crippen molar-refractivity contribution in [1.29, 1.82) is 0 Å². The molecule has 2 aliphatic carbocycles. The number of aryl methyl sites for hydroxylation is 1. The van der Waals surface area contributed by atoms with Crippen LogP contribution in [0.1, 0.15) is 38.4 Å². The van der Waals surface area contributed by atoms with Crippen LogP contribution in [-0.2, 0) is 23.2 Å². The van der Waals surface area contributed by atoms with Crippen LogP contribution in [0.15, 0.2) is 18.0 Å². The Morgan fingerprint density at radius 2 is 2.23 bits per heavy atom. The first kappa shape index (κ1) is 15.0. The predicted molar refractivity (Wildman–Crippen MR) is 81.9 cm³/mol. The molecule has 5 heteroatoms. The van der Waals surface area contributed by atoms with Gasteiger partial charge in [0.05, 0.1) is 25.4 Å². The first-order valence-corrected chi connectivity index (χ1v) is 7.67. The van der Waals surface area contributed by atoms with Crippen LogP contribution < -0.4 is 0 Å². The molecule has 0 aromatic carbocycles. The van der Waals surface area contributed by atoms with Gasteiger partial charge in [-0.25, -0.2) is 4.85 Å². The minimum atomic E-state index is -0.554. The molecule has 0 amide bonds. The summed E-state index contributed by atoms with van der Waals surface area (Å²) in [6.07, 6.45) is 5.61. The Labute approximate surface area is 130 Å². The van der Waals surface area contributed by atoms with Crippen molar-refractivity contribution in [3.8, 4) is 0 Å². The van der Waals surface area contributed by atoms with Gasteiger partial charge < -0.3 is 9.90 Å². The second-order valence-electron chi connectivity index (χ2n) is 7.06. The van der Waals surface area contributed by atoms with Gasteiger partial charge >= 0.3 is 0 Å². The fourth-order valence-corrected chi connectivity index (χ4v) is 4.28. The van der Waals surface area contributed by atoms with Gasteiger partial charge in [-0.3, -0.25) is 4.68 Å². The second-order valence-corrected chi connectivity index (χ2v) is 7.06. The Morgan fingerprint density at radius 3 is 2.86 bits per heavy atom. The second kappa shape index (κ2) is 4.79. The Balaban J connectivity index is 2.19. The van der Waals surface area contributed by atoms with Crippen molar-refractivity contribution < 1.29 is 9.90 Å². The first-order chi connectivity index (χ1) is 10.3. The van der Waals surface area contributed by atoms with Crippen molar-refractivity contribution in [2.45, 2.75) is 45.6 Å². The Morgan fingerprint density at radius 1 is 1.50 bits per heavy atom. The zero-order valence-corrected chi connectivity index (χ0v) is 13.3. The summed E-state index contributed by atoms with van der Waals surface area (Å²) in [5.74, 6) is 0.0891. The lowest BCUT2D eigenvalue weighted by molar-refractivity contribution is -0.128. The van der Waals surface area contributed by atoms with E-state index in [9.17, 15) is 4.79 Å². The third-order valence-corrected chi connectivity index (χ3v) is 5.35. The molecule has 2 aliphatic rings. The number of aromatic nitrogens is 2. The molecule has 0 radical (unpaired) electrons. The lowest BCUT2D eigenvalue weighted by Gasteiger charge is -2.49. The molecule has 2 atom stereocenters. The number of aliphatic hydroxyl groups is 1. The van der Waals surface area contributed by atoms with E-state index in [1.54, 1.807) is 4.68 Å². The van der Waals surface area contributed by atoms with Crippen LogP contribution in [0.3, 0.4) is 0 Å². The average Bonchev–Trinajstić information content (AvgIpc) is 2.87. The fourth-order valence-electron chi connectivity index (χ4n) is 4.28. The molecule has 0 unspecified atom stereocenters. The standard InChI is InChI=1S/C17H21N3O2/c1-16(2)13-6-5-11-10-20(7-8-21)19-14(11)17(13,3)9-12(18-4)15(16)22/h9-10,13,21H,5-8H2,1-3H3/t13-,17-/m0/s1. The van der Waals surface area contributed by atoms with Crippen molar-refractivity contribution in [3.63, 3.8) is 0 Å². The van der Waals surface area contributed by atoms with Gasteiger partial charge in [0, 0.05) is 17.0 Å². The molecular formula is C17H21N3O2. The molecule has 0 aliphatic heterocycles. The maximum Gasteiger partial charge on any atom is 0.226 e. The third-order valence-electron chi connectivity index (χ3n) is 5.35. The van der Waals surface area contributed by atoms with Crippen LogP contribution in [0.5, 0.6) is 0 Å². The van der Waals surface area contributed by atoms with E-state index in [1.165, 1.54) is 0 Å². The highest BCUT2D eigenvalue weighted by atomic mass is 16.3. The van der Waals surface area contributed by atoms with Crippen LogP contribution in [0.25, 0.3) is 4.85 Å². The number of hydrogen-bond donors (Lipinski definition) is 1. The van der Waals surface area contributed by atoms with Crippen LogP contribution in [0, 0.1) is 17.9 Å². The van der Waals surface area contributed by atoms with Gasteiger partial charge in [0.15, 0.2) is 5.78 Å². The minimum absolute atomic E-state index is 0.0494. The summed E-state index contributed by atoms with van der Waals surface area (Å²) in [6.45, 7) is 13.8. The van der Waals surface area contributed by atoms with Gasteiger partial charge in [-0.1, -0.05) is 26.8 Å². The molecule has 22 heavy (non-hydrogen) atoms. The van der Waals surface area contributed by atoms with Crippen LogP contribution in [0.4, 0.5) is 0 Å². The monoisotopic (exact) mass is 299 g/mol. The van der Waals surface area contributed by atoms with Gasteiger partial charge in [-0.05, 0) is 24.3 Å². The van der Waals surface area contributed by atoms with Gasteiger partial charge in [-0.2, -0.15) is 5.10 Å². The van der Waals surface area contributed by atoms with Gasteiger partial charge in [-0.15, -0.1) is 0 Å². The van der Waals surface area contributed by atoms with E-state index in [-0.39, 0.29) is 24.0 Å². The molecule has 0 bridgehead atoms. The number of allylic oxidation sites excluding steroid dienone is 2. The zero-order valence-electron chi connectivity index (χ0n) is 13.3. The number of nitrogens with zero attached hydrogens (tertiary/aromatic N) is 3. The summed E-state index contributed by atoms with van der Waals surface area (Å²) in [6, 6.07) is 0. The fraction of sp³-hybridized carbons (Fsp3) is 0.588. The van der Waals surface area contributed by atoms with E-state index in [1.807, 2.05) is 26.1 Å². The normalized spacial score (nSPS) is 29.3. The molecule has 116 valence electrons. The number of carbonyl (C=O) groups excluding carboxylic acids is 1. The summed E-state index contributed by atoms with van der Waals surface area (Å²) < 4.78 is 1.77. The molecule has 1 heterocycles. The van der Waals surface area contributed by atoms with Crippen LogP contribution >= 0.6 is 0 Å². The summed E-state index contributed by atoms with van der Waals surface area (Å²) in [5.41, 5.74) is 1.40. The molecule has 1 N–H and O–H groups in total.